The van der Waals surface area contributed by atoms with Gasteiger partial charge in [0.1, 0.15) is 0 Å². The Morgan fingerprint density at radius 1 is 1.08 bits per heavy atom. The number of nitrogens with zero attached hydrogens (tertiary/aromatic N) is 1. The smallest absolute Gasteiger partial charge is 0.251 e. The van der Waals surface area contributed by atoms with Crippen molar-refractivity contribution >= 4 is 23.5 Å². The van der Waals surface area contributed by atoms with E-state index in [1.165, 1.54) is 5.56 Å². The molecular weight excluding hydrogens is 336 g/mol. The first-order valence-electron chi connectivity index (χ1n) is 8.12. The van der Waals surface area contributed by atoms with Gasteiger partial charge in [-0.1, -0.05) is 35.9 Å². The van der Waals surface area contributed by atoms with Crippen molar-refractivity contribution < 1.29 is 4.79 Å². The number of nitrogens with one attached hydrogen (secondary N) is 3. The van der Waals surface area contributed by atoms with Crippen LogP contribution in [0.3, 0.4) is 0 Å². The zero-order valence-electron chi connectivity index (χ0n) is 14.5. The Kier molecular flexibility index (Phi) is 7.29. The number of halogens is 1. The van der Waals surface area contributed by atoms with E-state index < -0.39 is 0 Å². The van der Waals surface area contributed by atoms with Gasteiger partial charge < -0.3 is 16.0 Å². The van der Waals surface area contributed by atoms with Crippen LogP contribution in [0.25, 0.3) is 0 Å². The van der Waals surface area contributed by atoms with Gasteiger partial charge in [-0.05, 0) is 41.8 Å². The van der Waals surface area contributed by atoms with Gasteiger partial charge in [0.05, 0.1) is 0 Å². The summed E-state index contributed by atoms with van der Waals surface area (Å²) in [6.45, 7) is 1.33. The van der Waals surface area contributed by atoms with Crippen LogP contribution in [0.15, 0.2) is 53.5 Å². The van der Waals surface area contributed by atoms with Crippen LogP contribution in [-0.4, -0.2) is 32.5 Å². The van der Waals surface area contributed by atoms with Crippen LogP contribution >= 0.6 is 11.6 Å². The zero-order chi connectivity index (χ0) is 18.1. The summed E-state index contributed by atoms with van der Waals surface area (Å²) in [6, 6.07) is 15.3. The Bertz CT molecular complexity index is 746. The van der Waals surface area contributed by atoms with Gasteiger partial charge in [-0.3, -0.25) is 9.79 Å². The first kappa shape index (κ1) is 18.8. The monoisotopic (exact) mass is 358 g/mol. The van der Waals surface area contributed by atoms with Crippen molar-refractivity contribution in [1.82, 2.24) is 16.0 Å². The zero-order valence-corrected chi connectivity index (χ0v) is 15.2. The Balaban J connectivity index is 1.83. The lowest BCUT2D eigenvalue weighted by atomic mass is 10.1. The van der Waals surface area contributed by atoms with E-state index in [0.717, 1.165) is 23.6 Å². The molecule has 1 amide bonds. The molecular formula is C19H23ClN4O. The molecule has 0 unspecified atom stereocenters. The third-order valence-electron chi connectivity index (χ3n) is 3.69. The number of hydrogen-bond acceptors (Lipinski definition) is 2. The lowest BCUT2D eigenvalue weighted by Gasteiger charge is -2.12. The van der Waals surface area contributed by atoms with E-state index in [-0.39, 0.29) is 5.91 Å². The Morgan fingerprint density at radius 3 is 2.56 bits per heavy atom. The fourth-order valence-corrected chi connectivity index (χ4v) is 2.60. The Hall–Kier alpha value is -2.53. The molecule has 0 radical (unpaired) electrons. The van der Waals surface area contributed by atoms with Gasteiger partial charge in [0.15, 0.2) is 5.96 Å². The van der Waals surface area contributed by atoms with Crippen LogP contribution in [0.2, 0.25) is 5.02 Å². The summed E-state index contributed by atoms with van der Waals surface area (Å²) >= 11 is 5.99. The van der Waals surface area contributed by atoms with E-state index in [2.05, 4.69) is 20.9 Å². The summed E-state index contributed by atoms with van der Waals surface area (Å²) in [5, 5.41) is 9.89. The van der Waals surface area contributed by atoms with Crippen LogP contribution in [0.1, 0.15) is 21.5 Å². The molecule has 3 N–H and O–H groups in total. The molecule has 2 aromatic carbocycles. The van der Waals surface area contributed by atoms with Crippen molar-refractivity contribution in [2.45, 2.75) is 13.0 Å². The average Bonchev–Trinajstić information content (AvgIpc) is 2.64. The molecule has 0 saturated heterocycles. The van der Waals surface area contributed by atoms with Crippen LogP contribution in [0.4, 0.5) is 0 Å². The topological polar surface area (TPSA) is 65.5 Å². The number of carbonyl (C=O) groups is 1. The summed E-state index contributed by atoms with van der Waals surface area (Å²) in [7, 11) is 3.36. The summed E-state index contributed by atoms with van der Waals surface area (Å²) < 4.78 is 0. The van der Waals surface area contributed by atoms with Gasteiger partial charge >= 0.3 is 0 Å². The summed E-state index contributed by atoms with van der Waals surface area (Å²) in [5.74, 6) is 0.623. The van der Waals surface area contributed by atoms with Crippen LogP contribution in [0, 0.1) is 0 Å². The predicted molar refractivity (Wildman–Crippen MR) is 103 cm³/mol. The molecule has 5 nitrogen and oxygen atoms in total. The van der Waals surface area contributed by atoms with Gasteiger partial charge in [-0.2, -0.15) is 0 Å². The van der Waals surface area contributed by atoms with Gasteiger partial charge in [0, 0.05) is 37.8 Å². The second kappa shape index (κ2) is 9.69. The van der Waals surface area contributed by atoms with Gasteiger partial charge in [-0.15, -0.1) is 0 Å². The molecule has 132 valence electrons. The van der Waals surface area contributed by atoms with Gasteiger partial charge in [0.2, 0.25) is 0 Å². The highest BCUT2D eigenvalue weighted by atomic mass is 35.5. The minimum atomic E-state index is -0.0918. The second-order valence-corrected chi connectivity index (χ2v) is 5.95. The highest BCUT2D eigenvalue weighted by Crippen LogP contribution is 2.10. The second-order valence-electron chi connectivity index (χ2n) is 5.51. The van der Waals surface area contributed by atoms with Crippen molar-refractivity contribution in [2.75, 3.05) is 20.6 Å². The maximum atomic E-state index is 11.7. The minimum absolute atomic E-state index is 0.0918. The predicted octanol–water partition coefficient (Wildman–Crippen LogP) is 2.61. The molecule has 6 heteroatoms. The molecule has 0 heterocycles. The standard InChI is InChI=1S/C19H23ClN4O/c1-21-18(25)16-7-3-6-15(11-16)13-24-19(22-2)23-10-9-14-5-4-8-17(20)12-14/h3-8,11-12H,9-10,13H2,1-2H3,(H,21,25)(H2,22,23,24). The lowest BCUT2D eigenvalue weighted by molar-refractivity contribution is 0.0963. The van der Waals surface area contributed by atoms with Crippen LogP contribution in [-0.2, 0) is 13.0 Å². The van der Waals surface area contributed by atoms with Crippen molar-refractivity contribution in [3.63, 3.8) is 0 Å². The maximum Gasteiger partial charge on any atom is 0.251 e. The van der Waals surface area contributed by atoms with E-state index in [1.807, 2.05) is 42.5 Å². The summed E-state index contributed by atoms with van der Waals surface area (Å²) in [4.78, 5) is 15.9. The Labute approximate surface area is 153 Å². The van der Waals surface area contributed by atoms with Crippen molar-refractivity contribution in [3.05, 3.63) is 70.2 Å². The number of hydrogen-bond donors (Lipinski definition) is 3. The van der Waals surface area contributed by atoms with Crippen molar-refractivity contribution in [1.29, 1.82) is 0 Å². The van der Waals surface area contributed by atoms with E-state index >= 15 is 0 Å². The Morgan fingerprint density at radius 2 is 1.84 bits per heavy atom. The number of benzene rings is 2. The van der Waals surface area contributed by atoms with E-state index in [9.17, 15) is 4.79 Å². The molecule has 0 aromatic heterocycles. The molecule has 2 aromatic rings. The lowest BCUT2D eigenvalue weighted by Crippen LogP contribution is -2.37. The van der Waals surface area contributed by atoms with Crippen molar-refractivity contribution in [3.8, 4) is 0 Å². The summed E-state index contributed by atoms with van der Waals surface area (Å²) in [6.07, 6.45) is 0.855. The van der Waals surface area contributed by atoms with Crippen LogP contribution in [0.5, 0.6) is 0 Å². The normalized spacial score (nSPS) is 11.1. The van der Waals surface area contributed by atoms with Crippen molar-refractivity contribution in [2.24, 2.45) is 4.99 Å². The van der Waals surface area contributed by atoms with Crippen LogP contribution < -0.4 is 16.0 Å². The third kappa shape index (κ3) is 6.12. The van der Waals surface area contributed by atoms with E-state index in [0.29, 0.717) is 18.1 Å². The molecule has 0 saturated carbocycles. The maximum absolute atomic E-state index is 11.7. The molecule has 2 rings (SSSR count). The van der Waals surface area contributed by atoms with E-state index in [1.54, 1.807) is 20.2 Å². The fraction of sp³-hybridized carbons (Fsp3) is 0.263. The molecule has 0 atom stereocenters. The van der Waals surface area contributed by atoms with Gasteiger partial charge in [0.25, 0.3) is 5.91 Å². The average molecular weight is 359 g/mol. The first-order valence-corrected chi connectivity index (χ1v) is 8.50. The number of guanidine groups is 1. The molecule has 0 aliphatic heterocycles. The molecule has 0 fully saturated rings. The minimum Gasteiger partial charge on any atom is -0.356 e. The third-order valence-corrected chi connectivity index (χ3v) is 3.93. The quantitative estimate of drug-likeness (QED) is 0.549. The molecule has 0 spiro atoms. The molecule has 0 aliphatic carbocycles. The number of aliphatic imine (C=N–C) groups is 1. The van der Waals surface area contributed by atoms with E-state index in [4.69, 9.17) is 11.6 Å². The summed E-state index contributed by atoms with van der Waals surface area (Å²) in [5.41, 5.74) is 2.83. The molecule has 0 aliphatic rings. The molecule has 25 heavy (non-hydrogen) atoms. The number of carbonyl (C=O) groups excluding carboxylic acids is 1. The SMILES string of the molecule is CN=C(NCCc1cccc(Cl)c1)NCc1cccc(C(=O)NC)c1. The number of rotatable bonds is 6. The van der Waals surface area contributed by atoms with Gasteiger partial charge in [-0.25, -0.2) is 0 Å². The first-order chi connectivity index (χ1) is 12.1. The molecule has 0 bridgehead atoms. The fourth-order valence-electron chi connectivity index (χ4n) is 2.39. The highest BCUT2D eigenvalue weighted by molar-refractivity contribution is 6.30. The highest BCUT2D eigenvalue weighted by Gasteiger charge is 2.04. The largest absolute Gasteiger partial charge is 0.356 e. The number of amides is 1.